The maximum Gasteiger partial charge on any atom is 0.0801 e. The average molecular weight is 445 g/mol. The van der Waals surface area contributed by atoms with Gasteiger partial charge in [-0.05, 0) is 75.1 Å². The Kier molecular flexibility index (Phi) is 6.02. The Bertz CT molecular complexity index is 1110. The number of anilines is 2. The summed E-state index contributed by atoms with van der Waals surface area (Å²) in [6.07, 6.45) is 12.8. The number of hydrogen-bond acceptors (Lipinski definition) is 4. The normalized spacial score (nSPS) is 21.4. The van der Waals surface area contributed by atoms with Crippen molar-refractivity contribution >= 4 is 34.9 Å². The lowest BCUT2D eigenvalue weighted by molar-refractivity contribution is 0.959. The number of fused-ring (bicyclic) bond motifs is 2. The predicted molar refractivity (Wildman–Crippen MR) is 137 cm³/mol. The van der Waals surface area contributed by atoms with Crippen LogP contribution in [0.5, 0.6) is 0 Å². The lowest BCUT2D eigenvalue weighted by Crippen LogP contribution is -2.16. The molecule has 0 aromatic heterocycles. The van der Waals surface area contributed by atoms with Crippen LogP contribution in [0.15, 0.2) is 104 Å². The molecule has 0 radical (unpaired) electrons. The second-order valence-electron chi connectivity index (χ2n) is 7.92. The van der Waals surface area contributed by atoms with E-state index < -0.39 is 0 Å². The molecule has 1 aliphatic carbocycles. The first-order chi connectivity index (χ1) is 15.3. The summed E-state index contributed by atoms with van der Waals surface area (Å²) < 4.78 is 0. The molecule has 0 bridgehead atoms. The molecule has 0 atom stereocenters. The molecule has 2 aromatic carbocycles. The highest BCUT2D eigenvalue weighted by atomic mass is 32.2. The maximum absolute atomic E-state index is 2.44. The predicted octanol–water partition coefficient (Wildman–Crippen LogP) is 7.97. The van der Waals surface area contributed by atoms with Gasteiger partial charge in [0.2, 0.25) is 0 Å². The van der Waals surface area contributed by atoms with Crippen LogP contribution in [-0.4, -0.2) is 13.1 Å². The monoisotopic (exact) mass is 444 g/mol. The van der Waals surface area contributed by atoms with Gasteiger partial charge in [0.25, 0.3) is 0 Å². The minimum Gasteiger partial charge on any atom is -0.336 e. The van der Waals surface area contributed by atoms with Crippen molar-refractivity contribution in [2.45, 2.75) is 42.9 Å². The van der Waals surface area contributed by atoms with E-state index in [9.17, 15) is 0 Å². The zero-order valence-corrected chi connectivity index (χ0v) is 19.8. The molecular weight excluding hydrogens is 416 g/mol. The fourth-order valence-corrected chi connectivity index (χ4v) is 6.72. The molecule has 0 fully saturated rings. The van der Waals surface area contributed by atoms with Gasteiger partial charge in [0.1, 0.15) is 0 Å². The molecule has 4 heteroatoms. The SMILES string of the molecule is CCN1/C(=C/C=C2\C=C(C/C=C3\Sc4ccccc4N3CC)CC2)Sc2ccccc21. The number of nitrogens with zero attached hydrogens (tertiary/aromatic N) is 2. The van der Waals surface area contributed by atoms with Crippen molar-refractivity contribution in [2.75, 3.05) is 22.9 Å². The van der Waals surface area contributed by atoms with Crippen molar-refractivity contribution in [2.24, 2.45) is 0 Å². The quantitative estimate of drug-likeness (QED) is 0.461. The van der Waals surface area contributed by atoms with Gasteiger partial charge in [0.05, 0.1) is 21.4 Å². The third kappa shape index (κ3) is 4.11. The van der Waals surface area contributed by atoms with Crippen molar-refractivity contribution in [1.29, 1.82) is 0 Å². The van der Waals surface area contributed by atoms with E-state index in [2.05, 4.69) is 96.5 Å². The lowest BCUT2D eigenvalue weighted by atomic mass is 10.1. The van der Waals surface area contributed by atoms with E-state index in [1.807, 2.05) is 23.5 Å². The van der Waals surface area contributed by atoms with E-state index in [0.717, 1.165) is 25.9 Å². The Balaban J connectivity index is 1.28. The molecule has 0 N–H and O–H groups in total. The fourth-order valence-electron chi connectivity index (χ4n) is 4.43. The zero-order chi connectivity index (χ0) is 21.2. The minimum atomic E-state index is 1.00. The second-order valence-corrected chi connectivity index (χ2v) is 10.0. The Morgan fingerprint density at radius 2 is 1.39 bits per heavy atom. The topological polar surface area (TPSA) is 6.48 Å². The molecule has 2 aromatic rings. The van der Waals surface area contributed by atoms with Crippen LogP contribution in [0.4, 0.5) is 11.4 Å². The summed E-state index contributed by atoms with van der Waals surface area (Å²) in [6, 6.07) is 17.4. The number of benzene rings is 2. The minimum absolute atomic E-state index is 1.00. The Morgan fingerprint density at radius 1 is 0.774 bits per heavy atom. The molecule has 0 saturated heterocycles. The molecular formula is C27H28N2S2. The van der Waals surface area contributed by atoms with Crippen LogP contribution in [0.1, 0.15) is 33.1 Å². The first kappa shape index (κ1) is 20.6. The highest BCUT2D eigenvalue weighted by molar-refractivity contribution is 8.04. The number of hydrogen-bond donors (Lipinski definition) is 0. The average Bonchev–Trinajstić information content (AvgIpc) is 3.50. The first-order valence-corrected chi connectivity index (χ1v) is 12.8. The molecule has 3 aliphatic rings. The van der Waals surface area contributed by atoms with Crippen LogP contribution in [0.3, 0.4) is 0 Å². The molecule has 31 heavy (non-hydrogen) atoms. The Morgan fingerprint density at radius 3 is 2.06 bits per heavy atom. The van der Waals surface area contributed by atoms with Crippen LogP contribution >= 0.6 is 23.5 Å². The van der Waals surface area contributed by atoms with E-state index in [-0.39, 0.29) is 0 Å². The number of allylic oxidation sites excluding steroid dienone is 6. The summed E-state index contributed by atoms with van der Waals surface area (Å²) in [5.41, 5.74) is 5.68. The number of para-hydroxylation sites is 2. The Hall–Kier alpha value is -2.30. The molecule has 5 rings (SSSR count). The van der Waals surface area contributed by atoms with Gasteiger partial charge in [-0.15, -0.1) is 0 Å². The molecule has 0 spiro atoms. The van der Waals surface area contributed by atoms with Gasteiger partial charge in [0, 0.05) is 22.9 Å². The van der Waals surface area contributed by atoms with Gasteiger partial charge in [-0.1, -0.05) is 65.5 Å². The molecule has 2 aliphatic heterocycles. The molecule has 2 nitrogen and oxygen atoms in total. The van der Waals surface area contributed by atoms with E-state index in [4.69, 9.17) is 0 Å². The molecule has 0 amide bonds. The number of thioether (sulfide) groups is 2. The summed E-state index contributed by atoms with van der Waals surface area (Å²) in [6.45, 7) is 6.48. The smallest absolute Gasteiger partial charge is 0.0801 e. The van der Waals surface area contributed by atoms with Gasteiger partial charge in [-0.25, -0.2) is 0 Å². The third-order valence-corrected chi connectivity index (χ3v) is 8.30. The second kappa shape index (κ2) is 9.05. The van der Waals surface area contributed by atoms with Crippen LogP contribution < -0.4 is 9.80 Å². The van der Waals surface area contributed by atoms with Crippen LogP contribution in [-0.2, 0) is 0 Å². The maximum atomic E-state index is 2.44. The van der Waals surface area contributed by atoms with Crippen molar-refractivity contribution in [3.05, 3.63) is 94.0 Å². The largest absolute Gasteiger partial charge is 0.336 e. The molecule has 2 heterocycles. The summed E-state index contributed by atoms with van der Waals surface area (Å²) in [5, 5.41) is 2.71. The molecule has 0 unspecified atom stereocenters. The summed E-state index contributed by atoms with van der Waals surface area (Å²) in [7, 11) is 0. The Labute approximate surface area is 194 Å². The van der Waals surface area contributed by atoms with Gasteiger partial charge in [-0.2, -0.15) is 0 Å². The molecule has 158 valence electrons. The van der Waals surface area contributed by atoms with Crippen molar-refractivity contribution in [1.82, 2.24) is 0 Å². The third-order valence-electron chi connectivity index (χ3n) is 6.01. The van der Waals surface area contributed by atoms with Crippen LogP contribution in [0.25, 0.3) is 0 Å². The van der Waals surface area contributed by atoms with E-state index in [1.54, 1.807) is 5.57 Å². The van der Waals surface area contributed by atoms with Crippen molar-refractivity contribution in [3.63, 3.8) is 0 Å². The first-order valence-electron chi connectivity index (χ1n) is 11.2. The summed E-state index contributed by atoms with van der Waals surface area (Å²) in [4.78, 5) is 7.58. The lowest BCUT2D eigenvalue weighted by Gasteiger charge is -2.18. The molecule has 0 saturated carbocycles. The van der Waals surface area contributed by atoms with Gasteiger partial charge in [-0.3, -0.25) is 0 Å². The summed E-state index contributed by atoms with van der Waals surface area (Å²) >= 11 is 3.79. The highest BCUT2D eigenvalue weighted by Crippen LogP contribution is 2.47. The highest BCUT2D eigenvalue weighted by Gasteiger charge is 2.24. The van der Waals surface area contributed by atoms with E-state index in [0.29, 0.717) is 0 Å². The summed E-state index contributed by atoms with van der Waals surface area (Å²) in [5.74, 6) is 0. The standard InChI is InChI=1S/C27H28N2S2/c1-3-28-22-9-5-7-11-24(22)30-26(28)17-15-20-13-14-21(19-20)16-18-27-29(4-2)23-10-6-8-12-25(23)31-27/h5-12,15,17-19H,3-4,13-14,16H2,1-2H3/b20-15-,26-17-,27-18-. The van der Waals surface area contributed by atoms with Crippen LogP contribution in [0, 0.1) is 0 Å². The van der Waals surface area contributed by atoms with Gasteiger partial charge >= 0.3 is 0 Å². The van der Waals surface area contributed by atoms with Crippen molar-refractivity contribution < 1.29 is 0 Å². The fraction of sp³-hybridized carbons (Fsp3) is 0.259. The van der Waals surface area contributed by atoms with Crippen LogP contribution in [0.2, 0.25) is 0 Å². The van der Waals surface area contributed by atoms with Gasteiger partial charge in [0.15, 0.2) is 0 Å². The van der Waals surface area contributed by atoms with E-state index in [1.165, 1.54) is 43.2 Å². The number of rotatable bonds is 5. The zero-order valence-electron chi connectivity index (χ0n) is 18.2. The van der Waals surface area contributed by atoms with Gasteiger partial charge < -0.3 is 9.80 Å². The van der Waals surface area contributed by atoms with E-state index >= 15 is 0 Å². The van der Waals surface area contributed by atoms with Crippen molar-refractivity contribution in [3.8, 4) is 0 Å².